The second-order valence-corrected chi connectivity index (χ2v) is 7.84. The third kappa shape index (κ3) is 5.80. The molecule has 0 aliphatic carbocycles. The van der Waals surface area contributed by atoms with Gasteiger partial charge in [0.05, 0.1) is 26.5 Å². The summed E-state index contributed by atoms with van der Waals surface area (Å²) < 4.78 is 28.2. The highest BCUT2D eigenvalue weighted by Gasteiger charge is 2.37. The van der Waals surface area contributed by atoms with Crippen LogP contribution in [0.2, 0.25) is 0 Å². The van der Waals surface area contributed by atoms with Crippen LogP contribution in [0.5, 0.6) is 0 Å². The van der Waals surface area contributed by atoms with Gasteiger partial charge in [0.15, 0.2) is 6.04 Å². The molecule has 1 aromatic rings. The van der Waals surface area contributed by atoms with Crippen LogP contribution in [0.3, 0.4) is 0 Å². The lowest BCUT2D eigenvalue weighted by Gasteiger charge is -2.33. The van der Waals surface area contributed by atoms with E-state index in [9.17, 15) is 19.3 Å². The standard InChI is InChI=1S/C17H24NO7P.C2H6/c1-4-24-26(22,25-5-2)11-12-6-7-13-8-9-18(17(20)21)15(14(13)10-12)16(19)23-3;1-2/h6-7,10,15H,4-5,8-9,11H2,1-3H3,(H,20,21);1-2H3. The van der Waals surface area contributed by atoms with Gasteiger partial charge in [-0.3, -0.25) is 9.46 Å². The molecule has 1 amide bonds. The van der Waals surface area contributed by atoms with Crippen molar-refractivity contribution in [3.05, 3.63) is 34.9 Å². The minimum atomic E-state index is -3.31. The Hall–Kier alpha value is -1.89. The Kier molecular flexibility index (Phi) is 9.65. The molecule has 0 saturated carbocycles. The number of fused-ring (bicyclic) bond motifs is 1. The molecule has 1 atom stereocenters. The van der Waals surface area contributed by atoms with Crippen LogP contribution >= 0.6 is 7.60 Å². The van der Waals surface area contributed by atoms with E-state index in [-0.39, 0.29) is 25.9 Å². The van der Waals surface area contributed by atoms with Crippen LogP contribution in [-0.4, -0.2) is 48.9 Å². The van der Waals surface area contributed by atoms with Gasteiger partial charge in [0.25, 0.3) is 0 Å². The molecule has 0 radical (unpaired) electrons. The molecule has 0 bridgehead atoms. The Balaban J connectivity index is 0.00000190. The minimum absolute atomic E-state index is 0.0446. The highest BCUT2D eigenvalue weighted by Crippen LogP contribution is 2.51. The largest absolute Gasteiger partial charge is 0.467 e. The summed E-state index contributed by atoms with van der Waals surface area (Å²) in [5.41, 5.74) is 2.06. The number of nitrogens with zero attached hydrogens (tertiary/aromatic N) is 1. The van der Waals surface area contributed by atoms with E-state index in [1.54, 1.807) is 26.0 Å². The molecule has 2 rings (SSSR count). The molecule has 0 saturated heterocycles. The summed E-state index contributed by atoms with van der Waals surface area (Å²) in [6.45, 7) is 8.17. The molecule has 0 fully saturated rings. The van der Waals surface area contributed by atoms with Gasteiger partial charge in [-0.15, -0.1) is 0 Å². The molecule has 1 N–H and O–H groups in total. The van der Waals surface area contributed by atoms with Gasteiger partial charge in [0, 0.05) is 6.54 Å². The Morgan fingerprint density at radius 3 is 2.32 bits per heavy atom. The van der Waals surface area contributed by atoms with E-state index in [0.29, 0.717) is 17.5 Å². The van der Waals surface area contributed by atoms with Crippen LogP contribution in [0.15, 0.2) is 18.2 Å². The summed E-state index contributed by atoms with van der Waals surface area (Å²) in [5.74, 6) is -0.650. The number of hydrogen-bond donors (Lipinski definition) is 1. The van der Waals surface area contributed by atoms with Crippen molar-refractivity contribution >= 4 is 19.7 Å². The second kappa shape index (κ2) is 11.2. The molecular formula is C19H30NO7P. The Morgan fingerprint density at radius 2 is 1.82 bits per heavy atom. The number of amides is 1. The highest BCUT2D eigenvalue weighted by atomic mass is 31.2. The third-order valence-electron chi connectivity index (χ3n) is 4.14. The molecule has 28 heavy (non-hydrogen) atoms. The summed E-state index contributed by atoms with van der Waals surface area (Å²) in [7, 11) is -2.09. The zero-order chi connectivity index (χ0) is 21.3. The molecule has 8 nitrogen and oxygen atoms in total. The van der Waals surface area contributed by atoms with Crippen LogP contribution in [0.4, 0.5) is 4.79 Å². The summed E-state index contributed by atoms with van der Waals surface area (Å²) in [6, 6.07) is 4.27. The molecule has 0 aromatic heterocycles. The lowest BCUT2D eigenvalue weighted by molar-refractivity contribution is -0.146. The Bertz CT molecular complexity index is 712. The summed E-state index contributed by atoms with van der Waals surface area (Å²) in [5, 5.41) is 9.41. The van der Waals surface area contributed by atoms with Crippen molar-refractivity contribution < 1.29 is 33.0 Å². The maximum atomic E-state index is 12.8. The molecule has 1 aromatic carbocycles. The molecule has 158 valence electrons. The van der Waals surface area contributed by atoms with Crippen molar-refractivity contribution in [2.24, 2.45) is 0 Å². The van der Waals surface area contributed by atoms with E-state index in [2.05, 4.69) is 0 Å². The monoisotopic (exact) mass is 415 g/mol. The van der Waals surface area contributed by atoms with Crippen molar-refractivity contribution in [3.8, 4) is 0 Å². The maximum absolute atomic E-state index is 12.8. The van der Waals surface area contributed by atoms with E-state index < -0.39 is 25.7 Å². The summed E-state index contributed by atoms with van der Waals surface area (Å²) >= 11 is 0. The first-order chi connectivity index (χ1) is 13.3. The number of ether oxygens (including phenoxy) is 1. The molecule has 1 aliphatic rings. The second-order valence-electron chi connectivity index (χ2n) is 5.79. The number of benzene rings is 1. The smallest absolute Gasteiger partial charge is 0.408 e. The fourth-order valence-electron chi connectivity index (χ4n) is 3.08. The first-order valence-electron chi connectivity index (χ1n) is 9.42. The average molecular weight is 415 g/mol. The average Bonchev–Trinajstić information content (AvgIpc) is 2.68. The van der Waals surface area contributed by atoms with Gasteiger partial charge < -0.3 is 18.9 Å². The van der Waals surface area contributed by atoms with E-state index in [4.69, 9.17) is 13.8 Å². The van der Waals surface area contributed by atoms with Gasteiger partial charge in [-0.2, -0.15) is 0 Å². The van der Waals surface area contributed by atoms with Gasteiger partial charge in [0.1, 0.15) is 0 Å². The van der Waals surface area contributed by atoms with E-state index >= 15 is 0 Å². The maximum Gasteiger partial charge on any atom is 0.408 e. The number of carbonyl (C=O) groups is 2. The first-order valence-corrected chi connectivity index (χ1v) is 11.1. The Morgan fingerprint density at radius 1 is 1.21 bits per heavy atom. The minimum Gasteiger partial charge on any atom is -0.467 e. The molecule has 0 spiro atoms. The van der Waals surface area contributed by atoms with E-state index in [1.807, 2.05) is 19.9 Å². The fourth-order valence-corrected chi connectivity index (χ4v) is 4.77. The van der Waals surface area contributed by atoms with Crippen molar-refractivity contribution in [3.63, 3.8) is 0 Å². The van der Waals surface area contributed by atoms with Crippen LogP contribution in [0, 0.1) is 0 Å². The van der Waals surface area contributed by atoms with Gasteiger partial charge in [-0.1, -0.05) is 32.0 Å². The lowest BCUT2D eigenvalue weighted by atomic mass is 9.91. The van der Waals surface area contributed by atoms with Crippen molar-refractivity contribution in [1.82, 2.24) is 4.90 Å². The van der Waals surface area contributed by atoms with Crippen molar-refractivity contribution in [2.75, 3.05) is 26.9 Å². The predicted molar refractivity (Wildman–Crippen MR) is 106 cm³/mol. The van der Waals surface area contributed by atoms with Crippen molar-refractivity contribution in [1.29, 1.82) is 0 Å². The summed E-state index contributed by atoms with van der Waals surface area (Å²) in [4.78, 5) is 24.8. The van der Waals surface area contributed by atoms with Gasteiger partial charge in [-0.25, -0.2) is 9.59 Å². The van der Waals surface area contributed by atoms with Crippen molar-refractivity contribution in [2.45, 2.75) is 46.3 Å². The van der Waals surface area contributed by atoms with E-state index in [1.165, 1.54) is 7.11 Å². The van der Waals surface area contributed by atoms with Crippen LogP contribution in [0.25, 0.3) is 0 Å². The highest BCUT2D eigenvalue weighted by molar-refractivity contribution is 7.53. The molecular weight excluding hydrogens is 385 g/mol. The molecule has 9 heteroatoms. The zero-order valence-electron chi connectivity index (χ0n) is 17.1. The number of rotatable bonds is 7. The summed E-state index contributed by atoms with van der Waals surface area (Å²) in [6.07, 6.45) is -0.654. The van der Waals surface area contributed by atoms with Gasteiger partial charge in [0.2, 0.25) is 0 Å². The third-order valence-corrected chi connectivity index (χ3v) is 6.19. The first kappa shape index (κ1) is 24.1. The normalized spacial score (nSPS) is 15.9. The number of carbonyl (C=O) groups excluding carboxylic acids is 1. The van der Waals surface area contributed by atoms with Gasteiger partial charge >= 0.3 is 19.7 Å². The quantitative estimate of drug-likeness (QED) is 0.525. The number of hydrogen-bond acceptors (Lipinski definition) is 6. The van der Waals surface area contributed by atoms with Crippen LogP contribution < -0.4 is 0 Å². The van der Waals surface area contributed by atoms with Crippen LogP contribution in [0.1, 0.15) is 50.4 Å². The molecule has 1 heterocycles. The topological polar surface area (TPSA) is 102 Å². The number of methoxy groups -OCH3 is 1. The van der Waals surface area contributed by atoms with E-state index in [0.717, 1.165) is 10.5 Å². The lowest BCUT2D eigenvalue weighted by Crippen LogP contribution is -2.43. The predicted octanol–water partition coefficient (Wildman–Crippen LogP) is 4.23. The fraction of sp³-hybridized carbons (Fsp3) is 0.579. The number of carboxylic acid groups (broad SMARTS) is 1. The van der Waals surface area contributed by atoms with Gasteiger partial charge in [-0.05, 0) is 37.0 Å². The Labute approximate surface area is 166 Å². The number of esters is 1. The zero-order valence-corrected chi connectivity index (χ0v) is 18.0. The SMILES string of the molecule is CC.CCOP(=O)(Cc1ccc2c(c1)C(C(=O)OC)N(C(=O)O)CC2)OCC. The molecule has 1 unspecified atom stereocenters. The van der Waals surface area contributed by atoms with Crippen LogP contribution in [-0.2, 0) is 35.7 Å². The molecule has 1 aliphatic heterocycles.